The third-order valence-electron chi connectivity index (χ3n) is 3.30. The highest BCUT2D eigenvalue weighted by molar-refractivity contribution is 7.77. The molecule has 0 aromatic heterocycles. The van der Waals surface area contributed by atoms with Crippen LogP contribution in [0.2, 0.25) is 0 Å². The van der Waals surface area contributed by atoms with Crippen LogP contribution in [-0.4, -0.2) is 42.4 Å². The topological polar surface area (TPSA) is 6.48 Å². The fraction of sp³-hybridized carbons (Fsp3) is 1.00. The van der Waals surface area contributed by atoms with Crippen molar-refractivity contribution in [2.75, 3.05) is 33.2 Å². The summed E-state index contributed by atoms with van der Waals surface area (Å²) in [5.74, 6) is 1.87. The zero-order valence-electron chi connectivity index (χ0n) is 7.74. The molecule has 0 amide bonds. The van der Waals surface area contributed by atoms with Gasteiger partial charge < -0.3 is 4.90 Å². The Bertz CT molecular complexity index is 145. The van der Waals surface area contributed by atoms with Crippen LogP contribution < -0.4 is 0 Å². The first-order chi connectivity index (χ1) is 5.75. The summed E-state index contributed by atoms with van der Waals surface area (Å²) < 4.78 is 2.19. The van der Waals surface area contributed by atoms with Gasteiger partial charge in [0, 0.05) is 19.6 Å². The predicted molar refractivity (Wildman–Crippen MR) is 54.3 cm³/mol. The van der Waals surface area contributed by atoms with Gasteiger partial charge in [0.15, 0.2) is 0 Å². The second-order valence-corrected chi connectivity index (χ2v) is 4.84. The Balaban J connectivity index is 1.94. The van der Waals surface area contributed by atoms with E-state index < -0.39 is 0 Å². The SMILES string of the molecule is CN1CCC2CN(S)CCC2C1. The lowest BCUT2D eigenvalue weighted by Gasteiger charge is -2.42. The number of thiol groups is 1. The lowest BCUT2D eigenvalue weighted by molar-refractivity contribution is 0.0900. The van der Waals surface area contributed by atoms with Crippen LogP contribution in [0.3, 0.4) is 0 Å². The maximum Gasteiger partial charge on any atom is 0.0119 e. The number of piperidine rings is 2. The smallest absolute Gasteiger partial charge is 0.0119 e. The molecule has 12 heavy (non-hydrogen) atoms. The molecule has 0 spiro atoms. The van der Waals surface area contributed by atoms with Gasteiger partial charge in [-0.15, -0.1) is 0 Å². The minimum Gasteiger partial charge on any atom is -0.306 e. The lowest BCUT2D eigenvalue weighted by atomic mass is 9.81. The van der Waals surface area contributed by atoms with Gasteiger partial charge in [-0.3, -0.25) is 4.31 Å². The van der Waals surface area contributed by atoms with Gasteiger partial charge in [-0.1, -0.05) is 12.8 Å². The average Bonchev–Trinajstić information content (AvgIpc) is 2.05. The molecule has 2 unspecified atom stereocenters. The van der Waals surface area contributed by atoms with E-state index in [4.69, 9.17) is 0 Å². The Morgan fingerprint density at radius 3 is 2.58 bits per heavy atom. The molecule has 0 radical (unpaired) electrons. The van der Waals surface area contributed by atoms with Gasteiger partial charge in [0.05, 0.1) is 0 Å². The van der Waals surface area contributed by atoms with Crippen LogP contribution in [0.15, 0.2) is 0 Å². The zero-order valence-corrected chi connectivity index (χ0v) is 8.63. The number of hydrogen-bond donors (Lipinski definition) is 1. The average molecular weight is 186 g/mol. The molecule has 3 heteroatoms. The summed E-state index contributed by atoms with van der Waals surface area (Å²) in [5, 5.41) is 0. The lowest BCUT2D eigenvalue weighted by Crippen LogP contribution is -2.45. The molecule has 0 aromatic rings. The van der Waals surface area contributed by atoms with Crippen molar-refractivity contribution >= 4 is 12.8 Å². The molecule has 0 aromatic carbocycles. The summed E-state index contributed by atoms with van der Waals surface area (Å²) in [5.41, 5.74) is 0. The maximum atomic E-state index is 4.42. The fourth-order valence-corrected chi connectivity index (χ4v) is 2.83. The third kappa shape index (κ3) is 1.78. The van der Waals surface area contributed by atoms with Gasteiger partial charge in [-0.2, -0.15) is 0 Å². The molecule has 2 nitrogen and oxygen atoms in total. The first kappa shape index (κ1) is 8.85. The van der Waals surface area contributed by atoms with E-state index in [9.17, 15) is 0 Å². The minimum atomic E-state index is 0.924. The molecule has 0 N–H and O–H groups in total. The van der Waals surface area contributed by atoms with E-state index in [2.05, 4.69) is 29.1 Å². The van der Waals surface area contributed by atoms with Crippen molar-refractivity contribution in [1.29, 1.82) is 0 Å². The number of likely N-dealkylation sites (tertiary alicyclic amines) is 1. The molecular formula is C9H18N2S. The van der Waals surface area contributed by atoms with Gasteiger partial charge in [0.1, 0.15) is 0 Å². The molecule has 0 saturated carbocycles. The van der Waals surface area contributed by atoms with E-state index >= 15 is 0 Å². The largest absolute Gasteiger partial charge is 0.306 e. The van der Waals surface area contributed by atoms with Crippen molar-refractivity contribution in [1.82, 2.24) is 9.21 Å². The van der Waals surface area contributed by atoms with Crippen molar-refractivity contribution in [3.63, 3.8) is 0 Å². The summed E-state index contributed by atoms with van der Waals surface area (Å²) >= 11 is 4.42. The van der Waals surface area contributed by atoms with Crippen LogP contribution in [-0.2, 0) is 0 Å². The normalized spacial score (nSPS) is 39.5. The summed E-state index contributed by atoms with van der Waals surface area (Å²) in [4.78, 5) is 2.47. The molecule has 2 fully saturated rings. The van der Waals surface area contributed by atoms with E-state index in [0.717, 1.165) is 11.8 Å². The summed E-state index contributed by atoms with van der Waals surface area (Å²) in [6, 6.07) is 0. The molecule has 2 heterocycles. The Hall–Kier alpha value is 0.270. The van der Waals surface area contributed by atoms with Crippen molar-refractivity contribution in [3.05, 3.63) is 0 Å². The molecule has 2 saturated heterocycles. The predicted octanol–water partition coefficient (Wildman–Crippen LogP) is 1.10. The zero-order chi connectivity index (χ0) is 8.55. The van der Waals surface area contributed by atoms with Gasteiger partial charge in [-0.05, 0) is 38.3 Å². The summed E-state index contributed by atoms with van der Waals surface area (Å²) in [7, 11) is 2.24. The van der Waals surface area contributed by atoms with Crippen LogP contribution in [0.4, 0.5) is 0 Å². The molecule has 2 atom stereocenters. The van der Waals surface area contributed by atoms with Crippen molar-refractivity contribution in [2.24, 2.45) is 11.8 Å². The Labute approximate surface area is 80.5 Å². The summed E-state index contributed by atoms with van der Waals surface area (Å²) in [6.45, 7) is 4.98. The molecule has 2 aliphatic heterocycles. The summed E-state index contributed by atoms with van der Waals surface area (Å²) in [6.07, 6.45) is 2.72. The molecule has 70 valence electrons. The third-order valence-corrected chi connectivity index (χ3v) is 3.66. The van der Waals surface area contributed by atoms with Crippen LogP contribution in [0.5, 0.6) is 0 Å². The van der Waals surface area contributed by atoms with Gasteiger partial charge in [-0.25, -0.2) is 0 Å². The Kier molecular flexibility index (Phi) is 2.63. The second-order valence-electron chi connectivity index (χ2n) is 4.27. The van der Waals surface area contributed by atoms with E-state index in [0.29, 0.717) is 0 Å². The first-order valence-corrected chi connectivity index (χ1v) is 5.28. The minimum absolute atomic E-state index is 0.924. The number of hydrogen-bond acceptors (Lipinski definition) is 3. The molecule has 2 aliphatic rings. The van der Waals surface area contributed by atoms with Crippen LogP contribution in [0.25, 0.3) is 0 Å². The van der Waals surface area contributed by atoms with Crippen LogP contribution in [0.1, 0.15) is 12.8 Å². The fourth-order valence-electron chi connectivity index (χ4n) is 2.51. The number of nitrogens with zero attached hydrogens (tertiary/aromatic N) is 2. The Morgan fingerprint density at radius 2 is 1.75 bits per heavy atom. The maximum absolute atomic E-state index is 4.42. The van der Waals surface area contributed by atoms with Crippen molar-refractivity contribution in [3.8, 4) is 0 Å². The van der Waals surface area contributed by atoms with Crippen molar-refractivity contribution in [2.45, 2.75) is 12.8 Å². The van der Waals surface area contributed by atoms with Crippen LogP contribution in [0, 0.1) is 11.8 Å². The van der Waals surface area contributed by atoms with Gasteiger partial charge in [0.25, 0.3) is 0 Å². The number of rotatable bonds is 0. The van der Waals surface area contributed by atoms with E-state index in [1.54, 1.807) is 0 Å². The van der Waals surface area contributed by atoms with E-state index in [1.807, 2.05) is 0 Å². The quantitative estimate of drug-likeness (QED) is 0.566. The molecule has 0 bridgehead atoms. The van der Waals surface area contributed by atoms with E-state index in [-0.39, 0.29) is 0 Å². The highest BCUT2D eigenvalue weighted by Crippen LogP contribution is 2.30. The molecular weight excluding hydrogens is 168 g/mol. The monoisotopic (exact) mass is 186 g/mol. The van der Waals surface area contributed by atoms with Gasteiger partial charge >= 0.3 is 0 Å². The first-order valence-electron chi connectivity index (χ1n) is 4.88. The van der Waals surface area contributed by atoms with Crippen molar-refractivity contribution < 1.29 is 0 Å². The second kappa shape index (κ2) is 3.56. The number of fused-ring (bicyclic) bond motifs is 1. The highest BCUT2D eigenvalue weighted by atomic mass is 32.1. The van der Waals surface area contributed by atoms with E-state index in [1.165, 1.54) is 39.0 Å². The Morgan fingerprint density at radius 1 is 1.08 bits per heavy atom. The molecule has 0 aliphatic carbocycles. The van der Waals surface area contributed by atoms with Crippen LogP contribution >= 0.6 is 12.8 Å². The standard InChI is InChI=1S/C9H18N2S/c1-10-4-2-9-7-11(12)5-3-8(9)6-10/h8-9,12H,2-7H2,1H3. The molecule has 2 rings (SSSR count). The highest BCUT2D eigenvalue weighted by Gasteiger charge is 2.31. The van der Waals surface area contributed by atoms with Gasteiger partial charge in [0.2, 0.25) is 0 Å².